The maximum Gasteiger partial charge on any atom is 0.254 e. The third-order valence-electron chi connectivity index (χ3n) is 2.68. The van der Waals surface area contributed by atoms with E-state index in [2.05, 4.69) is 10.4 Å². The highest BCUT2D eigenvalue weighted by atomic mass is 35.5. The lowest BCUT2D eigenvalue weighted by molar-refractivity contribution is 0.0947. The summed E-state index contributed by atoms with van der Waals surface area (Å²) in [6.07, 6.45) is 1.55. The molecule has 0 unspecified atom stereocenters. The quantitative estimate of drug-likeness (QED) is 0.900. The molecule has 0 aliphatic heterocycles. The van der Waals surface area contributed by atoms with Crippen LogP contribution in [0.15, 0.2) is 24.4 Å². The molecule has 0 fully saturated rings. The van der Waals surface area contributed by atoms with E-state index >= 15 is 0 Å². The van der Waals surface area contributed by atoms with Crippen molar-refractivity contribution in [1.82, 2.24) is 15.1 Å². The van der Waals surface area contributed by atoms with Crippen LogP contribution in [0.2, 0.25) is 5.02 Å². The van der Waals surface area contributed by atoms with Crippen molar-refractivity contribution in [3.05, 3.63) is 46.4 Å². The third kappa shape index (κ3) is 2.85. The minimum atomic E-state index is -0.624. The first kappa shape index (κ1) is 13.4. The molecule has 100 valence electrons. The maximum atomic E-state index is 13.5. The number of nitrogens with two attached hydrogens (primary N) is 1. The molecular weight excluding hydrogens is 271 g/mol. The highest BCUT2D eigenvalue weighted by Crippen LogP contribution is 2.15. The summed E-state index contributed by atoms with van der Waals surface area (Å²) >= 11 is 5.73. The van der Waals surface area contributed by atoms with Crippen molar-refractivity contribution >= 4 is 23.3 Å². The van der Waals surface area contributed by atoms with Gasteiger partial charge >= 0.3 is 0 Å². The van der Waals surface area contributed by atoms with Gasteiger partial charge in [-0.2, -0.15) is 5.10 Å². The Morgan fingerprint density at radius 2 is 2.32 bits per heavy atom. The molecule has 7 heteroatoms. The highest BCUT2D eigenvalue weighted by Gasteiger charge is 2.13. The maximum absolute atomic E-state index is 13.5. The lowest BCUT2D eigenvalue weighted by atomic mass is 10.2. The van der Waals surface area contributed by atoms with E-state index in [-0.39, 0.29) is 12.1 Å². The Hall–Kier alpha value is -2.08. The summed E-state index contributed by atoms with van der Waals surface area (Å²) in [5.41, 5.74) is 6.30. The Kier molecular flexibility index (Phi) is 3.71. The molecule has 5 nitrogen and oxygen atoms in total. The number of carbonyl (C=O) groups is 1. The minimum Gasteiger partial charge on any atom is -0.384 e. The summed E-state index contributed by atoms with van der Waals surface area (Å²) in [6.45, 7) is 0.171. The van der Waals surface area contributed by atoms with E-state index in [9.17, 15) is 9.18 Å². The van der Waals surface area contributed by atoms with Crippen molar-refractivity contribution < 1.29 is 9.18 Å². The number of rotatable bonds is 3. The summed E-state index contributed by atoms with van der Waals surface area (Å²) in [5, 5.41) is 6.81. The first-order valence-electron chi connectivity index (χ1n) is 5.48. The fourth-order valence-electron chi connectivity index (χ4n) is 1.57. The molecule has 2 rings (SSSR count). The van der Waals surface area contributed by atoms with Gasteiger partial charge in [0.15, 0.2) is 0 Å². The van der Waals surface area contributed by atoms with E-state index < -0.39 is 11.7 Å². The van der Waals surface area contributed by atoms with Crippen LogP contribution in [0.5, 0.6) is 0 Å². The van der Waals surface area contributed by atoms with Crippen molar-refractivity contribution in [2.24, 2.45) is 7.05 Å². The number of nitrogens with one attached hydrogen (secondary N) is 1. The molecular formula is C12H12ClFN4O. The van der Waals surface area contributed by atoms with Gasteiger partial charge in [-0.1, -0.05) is 11.6 Å². The Balaban J connectivity index is 2.09. The number of hydrogen-bond acceptors (Lipinski definition) is 3. The number of carbonyl (C=O) groups excluding carboxylic acids is 1. The average molecular weight is 283 g/mol. The van der Waals surface area contributed by atoms with E-state index in [1.165, 1.54) is 16.8 Å². The fraction of sp³-hybridized carbons (Fsp3) is 0.167. The van der Waals surface area contributed by atoms with Gasteiger partial charge in [-0.05, 0) is 18.2 Å². The topological polar surface area (TPSA) is 72.9 Å². The molecule has 0 aliphatic rings. The second-order valence-corrected chi connectivity index (χ2v) is 4.42. The molecule has 0 spiro atoms. The zero-order valence-corrected chi connectivity index (χ0v) is 10.9. The number of aromatic nitrogens is 2. The summed E-state index contributed by atoms with van der Waals surface area (Å²) in [6, 6.07) is 3.81. The van der Waals surface area contributed by atoms with Gasteiger partial charge in [0.25, 0.3) is 5.91 Å². The molecule has 19 heavy (non-hydrogen) atoms. The molecule has 1 aromatic heterocycles. The number of amides is 1. The molecule has 0 radical (unpaired) electrons. The van der Waals surface area contributed by atoms with Gasteiger partial charge in [0.2, 0.25) is 0 Å². The van der Waals surface area contributed by atoms with Crippen LogP contribution < -0.4 is 11.1 Å². The van der Waals surface area contributed by atoms with Crippen molar-refractivity contribution in [2.75, 3.05) is 5.73 Å². The van der Waals surface area contributed by atoms with Crippen LogP contribution in [0.25, 0.3) is 0 Å². The van der Waals surface area contributed by atoms with E-state index in [4.69, 9.17) is 17.3 Å². The number of anilines is 1. The largest absolute Gasteiger partial charge is 0.384 e. The fourth-order valence-corrected chi connectivity index (χ4v) is 1.74. The number of aryl methyl sites for hydroxylation is 1. The van der Waals surface area contributed by atoms with E-state index in [1.807, 2.05) is 0 Å². The zero-order valence-electron chi connectivity index (χ0n) is 10.2. The Labute approximate surface area is 114 Å². The molecule has 3 N–H and O–H groups in total. The smallest absolute Gasteiger partial charge is 0.254 e. The number of nitrogens with zero attached hydrogens (tertiary/aromatic N) is 2. The van der Waals surface area contributed by atoms with Crippen molar-refractivity contribution in [1.29, 1.82) is 0 Å². The highest BCUT2D eigenvalue weighted by molar-refractivity contribution is 6.30. The van der Waals surface area contributed by atoms with Gasteiger partial charge in [0.05, 0.1) is 11.8 Å². The molecule has 1 heterocycles. The van der Waals surface area contributed by atoms with Gasteiger partial charge in [-0.3, -0.25) is 9.48 Å². The summed E-state index contributed by atoms with van der Waals surface area (Å²) in [4.78, 5) is 11.8. The second-order valence-electron chi connectivity index (χ2n) is 3.99. The molecule has 0 bridgehead atoms. The lowest BCUT2D eigenvalue weighted by Crippen LogP contribution is -2.24. The van der Waals surface area contributed by atoms with Gasteiger partial charge in [-0.15, -0.1) is 0 Å². The van der Waals surface area contributed by atoms with Crippen molar-refractivity contribution in [3.8, 4) is 0 Å². The van der Waals surface area contributed by atoms with Gasteiger partial charge in [0, 0.05) is 24.2 Å². The van der Waals surface area contributed by atoms with E-state index in [0.29, 0.717) is 16.4 Å². The van der Waals surface area contributed by atoms with Crippen LogP contribution in [-0.2, 0) is 13.6 Å². The van der Waals surface area contributed by atoms with Crippen LogP contribution >= 0.6 is 11.6 Å². The monoisotopic (exact) mass is 282 g/mol. The Morgan fingerprint density at radius 1 is 1.58 bits per heavy atom. The van der Waals surface area contributed by atoms with Crippen LogP contribution in [0.4, 0.5) is 10.2 Å². The molecule has 0 aliphatic carbocycles. The van der Waals surface area contributed by atoms with Crippen molar-refractivity contribution in [3.63, 3.8) is 0 Å². The first-order valence-corrected chi connectivity index (χ1v) is 5.86. The lowest BCUT2D eigenvalue weighted by Gasteiger charge is -2.06. The minimum absolute atomic E-state index is 0.102. The summed E-state index contributed by atoms with van der Waals surface area (Å²) in [7, 11) is 1.69. The number of nitrogen functional groups attached to an aromatic ring is 1. The molecule has 0 saturated heterocycles. The van der Waals surface area contributed by atoms with Crippen LogP contribution in [0.3, 0.4) is 0 Å². The standard InChI is InChI=1S/C12H12ClFN4O/c1-18-11(15)7(6-17-18)5-16-12(19)9-4-8(13)2-3-10(9)14/h2-4,6H,5,15H2,1H3,(H,16,19). The van der Waals surface area contributed by atoms with Crippen LogP contribution in [-0.4, -0.2) is 15.7 Å². The summed E-state index contributed by atoms with van der Waals surface area (Å²) < 4.78 is 15.0. The van der Waals surface area contributed by atoms with Crippen LogP contribution in [0, 0.1) is 5.82 Å². The van der Waals surface area contributed by atoms with Crippen LogP contribution in [0.1, 0.15) is 15.9 Å². The average Bonchev–Trinajstić information content (AvgIpc) is 2.70. The normalized spacial score (nSPS) is 10.5. The molecule has 0 saturated carbocycles. The second kappa shape index (κ2) is 5.27. The predicted octanol–water partition coefficient (Wildman–Crippen LogP) is 1.72. The summed E-state index contributed by atoms with van der Waals surface area (Å²) in [5.74, 6) is -0.726. The number of halogens is 2. The molecule has 0 atom stereocenters. The zero-order chi connectivity index (χ0) is 14.0. The Morgan fingerprint density at radius 3 is 2.95 bits per heavy atom. The number of benzene rings is 1. The molecule has 1 amide bonds. The predicted molar refractivity (Wildman–Crippen MR) is 70.2 cm³/mol. The van der Waals surface area contributed by atoms with Gasteiger partial charge in [0.1, 0.15) is 11.6 Å². The Bertz CT molecular complexity index is 626. The number of hydrogen-bond donors (Lipinski definition) is 2. The molecule has 2 aromatic rings. The van der Waals surface area contributed by atoms with E-state index in [0.717, 1.165) is 6.07 Å². The van der Waals surface area contributed by atoms with Gasteiger partial charge < -0.3 is 11.1 Å². The van der Waals surface area contributed by atoms with E-state index in [1.54, 1.807) is 13.2 Å². The molecule has 1 aromatic carbocycles. The third-order valence-corrected chi connectivity index (χ3v) is 2.91. The SMILES string of the molecule is Cn1ncc(CNC(=O)c2cc(Cl)ccc2F)c1N. The van der Waals surface area contributed by atoms with Crippen molar-refractivity contribution in [2.45, 2.75) is 6.54 Å². The van der Waals surface area contributed by atoms with Gasteiger partial charge in [-0.25, -0.2) is 4.39 Å². The first-order chi connectivity index (χ1) is 8.99.